The maximum atomic E-state index is 13.1. The smallest absolute Gasteiger partial charge is 0.257 e. The maximum Gasteiger partial charge on any atom is 0.257 e. The molecular formula is C25H32ClN3O2. The minimum atomic E-state index is -0.254. The summed E-state index contributed by atoms with van der Waals surface area (Å²) in [4.78, 5) is 29.8. The molecule has 1 fully saturated rings. The highest BCUT2D eigenvalue weighted by atomic mass is 35.5. The molecule has 1 atom stereocenters. The second-order valence-electron chi connectivity index (χ2n) is 8.90. The molecule has 6 heteroatoms. The van der Waals surface area contributed by atoms with Crippen LogP contribution in [0, 0.1) is 11.8 Å². The van der Waals surface area contributed by atoms with Gasteiger partial charge in [-0.1, -0.05) is 37.6 Å². The Labute approximate surface area is 190 Å². The van der Waals surface area contributed by atoms with Crippen LogP contribution in [0.15, 0.2) is 42.5 Å². The quantitative estimate of drug-likeness (QED) is 0.593. The van der Waals surface area contributed by atoms with Gasteiger partial charge in [0.2, 0.25) is 5.91 Å². The molecule has 1 unspecified atom stereocenters. The van der Waals surface area contributed by atoms with E-state index in [1.165, 1.54) is 0 Å². The van der Waals surface area contributed by atoms with Crippen LogP contribution in [0.5, 0.6) is 0 Å². The first-order valence-electron chi connectivity index (χ1n) is 10.9. The molecule has 1 saturated carbocycles. The van der Waals surface area contributed by atoms with E-state index in [-0.39, 0.29) is 23.8 Å². The van der Waals surface area contributed by atoms with Crippen molar-refractivity contribution in [3.63, 3.8) is 0 Å². The Bertz CT molecular complexity index is 954. The van der Waals surface area contributed by atoms with Crippen LogP contribution in [-0.2, 0) is 11.3 Å². The fraction of sp³-hybridized carbons (Fsp3) is 0.440. The molecule has 0 radical (unpaired) electrons. The molecule has 0 bridgehead atoms. The number of benzene rings is 2. The lowest BCUT2D eigenvalue weighted by Crippen LogP contribution is -2.42. The molecule has 1 N–H and O–H groups in total. The van der Waals surface area contributed by atoms with Crippen molar-refractivity contribution in [2.45, 2.75) is 46.2 Å². The molecule has 0 aromatic heterocycles. The second-order valence-corrected chi connectivity index (χ2v) is 9.30. The summed E-state index contributed by atoms with van der Waals surface area (Å²) in [7, 11) is 3.97. The predicted octanol–water partition coefficient (Wildman–Crippen LogP) is 5.44. The van der Waals surface area contributed by atoms with E-state index in [0.717, 1.165) is 24.1 Å². The maximum absolute atomic E-state index is 13.1. The number of amides is 2. The zero-order chi connectivity index (χ0) is 22.7. The average Bonchev–Trinajstić information content (AvgIpc) is 3.56. The summed E-state index contributed by atoms with van der Waals surface area (Å²) >= 11 is 6.18. The van der Waals surface area contributed by atoms with Crippen molar-refractivity contribution in [3.8, 4) is 0 Å². The van der Waals surface area contributed by atoms with Gasteiger partial charge in [0.15, 0.2) is 0 Å². The van der Waals surface area contributed by atoms with Crippen LogP contribution >= 0.6 is 11.6 Å². The molecule has 2 amide bonds. The summed E-state index contributed by atoms with van der Waals surface area (Å²) in [6, 6.07) is 12.9. The third kappa shape index (κ3) is 5.59. The van der Waals surface area contributed by atoms with Crippen molar-refractivity contribution in [1.29, 1.82) is 0 Å². The third-order valence-electron chi connectivity index (χ3n) is 5.94. The summed E-state index contributed by atoms with van der Waals surface area (Å²) in [5.74, 6) is 0.493. The standard InChI is InChI=1S/C25H32ClN3O2/c1-16(2)17(3)29(25(31)18-10-11-18)15-19-14-20(12-13-23(19)28(4)5)27-24(30)21-8-6-7-9-22(21)26/h6-9,12-14,16-18H,10-11,15H2,1-5H3,(H,27,30). The first-order valence-corrected chi connectivity index (χ1v) is 11.2. The van der Waals surface area contributed by atoms with Crippen molar-refractivity contribution in [3.05, 3.63) is 58.6 Å². The van der Waals surface area contributed by atoms with Gasteiger partial charge in [-0.25, -0.2) is 0 Å². The molecule has 0 aliphatic heterocycles. The fourth-order valence-corrected chi connectivity index (χ4v) is 3.82. The summed E-state index contributed by atoms with van der Waals surface area (Å²) in [6.07, 6.45) is 1.96. The largest absolute Gasteiger partial charge is 0.377 e. The molecular weight excluding hydrogens is 410 g/mol. The summed E-state index contributed by atoms with van der Waals surface area (Å²) < 4.78 is 0. The lowest BCUT2D eigenvalue weighted by Gasteiger charge is -2.33. The number of halogens is 1. The number of anilines is 2. The third-order valence-corrected chi connectivity index (χ3v) is 6.27. The van der Waals surface area contributed by atoms with E-state index in [9.17, 15) is 9.59 Å². The Hall–Kier alpha value is -2.53. The van der Waals surface area contributed by atoms with E-state index in [0.29, 0.717) is 28.7 Å². The Balaban J connectivity index is 1.89. The van der Waals surface area contributed by atoms with E-state index < -0.39 is 0 Å². The van der Waals surface area contributed by atoms with Gasteiger partial charge in [0, 0.05) is 44.0 Å². The minimum absolute atomic E-state index is 0.129. The highest BCUT2D eigenvalue weighted by molar-refractivity contribution is 6.34. The van der Waals surface area contributed by atoms with E-state index in [1.54, 1.807) is 24.3 Å². The Kier molecular flexibility index (Phi) is 7.26. The second kappa shape index (κ2) is 9.73. The lowest BCUT2D eigenvalue weighted by molar-refractivity contribution is -0.136. The molecule has 0 heterocycles. The SMILES string of the molecule is CC(C)C(C)N(Cc1cc(NC(=O)c2ccccc2Cl)ccc1N(C)C)C(=O)C1CC1. The van der Waals surface area contributed by atoms with Gasteiger partial charge in [0.05, 0.1) is 10.6 Å². The van der Waals surface area contributed by atoms with Crippen LogP contribution in [0.1, 0.15) is 49.5 Å². The molecule has 5 nitrogen and oxygen atoms in total. The van der Waals surface area contributed by atoms with Crippen LogP contribution < -0.4 is 10.2 Å². The molecule has 1 aliphatic rings. The molecule has 1 aliphatic carbocycles. The zero-order valence-corrected chi connectivity index (χ0v) is 19.7. The molecule has 0 spiro atoms. The molecule has 3 rings (SSSR count). The monoisotopic (exact) mass is 441 g/mol. The van der Waals surface area contributed by atoms with Gasteiger partial charge in [-0.2, -0.15) is 0 Å². The summed E-state index contributed by atoms with van der Waals surface area (Å²) in [6.45, 7) is 6.91. The van der Waals surface area contributed by atoms with Gasteiger partial charge in [0.25, 0.3) is 5.91 Å². The minimum Gasteiger partial charge on any atom is -0.377 e. The van der Waals surface area contributed by atoms with Crippen LogP contribution in [0.4, 0.5) is 11.4 Å². The van der Waals surface area contributed by atoms with Crippen LogP contribution in [0.2, 0.25) is 5.02 Å². The molecule has 2 aromatic carbocycles. The van der Waals surface area contributed by atoms with E-state index in [2.05, 4.69) is 26.1 Å². The Morgan fingerprint density at radius 2 is 1.77 bits per heavy atom. The predicted molar refractivity (Wildman–Crippen MR) is 128 cm³/mol. The van der Waals surface area contributed by atoms with Gasteiger partial charge in [-0.15, -0.1) is 0 Å². The summed E-state index contributed by atoms with van der Waals surface area (Å²) in [5.41, 5.74) is 3.15. The first-order chi connectivity index (χ1) is 14.7. The number of nitrogens with zero attached hydrogens (tertiary/aromatic N) is 2. The van der Waals surface area contributed by atoms with Gasteiger partial charge in [-0.3, -0.25) is 9.59 Å². The van der Waals surface area contributed by atoms with E-state index in [1.807, 2.05) is 42.1 Å². The van der Waals surface area contributed by atoms with E-state index in [4.69, 9.17) is 11.6 Å². The number of hydrogen-bond donors (Lipinski definition) is 1. The van der Waals surface area contributed by atoms with Crippen molar-refractivity contribution in [1.82, 2.24) is 4.90 Å². The molecule has 2 aromatic rings. The highest BCUT2D eigenvalue weighted by Gasteiger charge is 2.36. The highest BCUT2D eigenvalue weighted by Crippen LogP contribution is 2.34. The van der Waals surface area contributed by atoms with Crippen molar-refractivity contribution < 1.29 is 9.59 Å². The van der Waals surface area contributed by atoms with Crippen LogP contribution in [-0.4, -0.2) is 36.9 Å². The van der Waals surface area contributed by atoms with Gasteiger partial charge in [-0.05, 0) is 61.6 Å². The first kappa shape index (κ1) is 23.1. The molecule has 166 valence electrons. The van der Waals surface area contributed by atoms with Crippen LogP contribution in [0.3, 0.4) is 0 Å². The molecule has 31 heavy (non-hydrogen) atoms. The van der Waals surface area contributed by atoms with Crippen LogP contribution in [0.25, 0.3) is 0 Å². The average molecular weight is 442 g/mol. The van der Waals surface area contributed by atoms with Gasteiger partial charge < -0.3 is 15.1 Å². The topological polar surface area (TPSA) is 52.7 Å². The number of rotatable bonds is 8. The fourth-order valence-electron chi connectivity index (χ4n) is 3.60. The number of carbonyl (C=O) groups excluding carboxylic acids is 2. The number of carbonyl (C=O) groups is 2. The summed E-state index contributed by atoms with van der Waals surface area (Å²) in [5, 5.41) is 3.36. The van der Waals surface area contributed by atoms with Gasteiger partial charge >= 0.3 is 0 Å². The number of hydrogen-bond acceptors (Lipinski definition) is 3. The Morgan fingerprint density at radius 3 is 2.35 bits per heavy atom. The van der Waals surface area contributed by atoms with Crippen molar-refractivity contribution in [2.75, 3.05) is 24.3 Å². The number of nitrogens with one attached hydrogen (secondary N) is 1. The zero-order valence-electron chi connectivity index (χ0n) is 19.0. The van der Waals surface area contributed by atoms with E-state index >= 15 is 0 Å². The Morgan fingerprint density at radius 1 is 1.10 bits per heavy atom. The lowest BCUT2D eigenvalue weighted by atomic mass is 10.0. The normalized spacial score (nSPS) is 14.3. The molecule has 0 saturated heterocycles. The van der Waals surface area contributed by atoms with Gasteiger partial charge in [0.1, 0.15) is 0 Å². The van der Waals surface area contributed by atoms with Crippen molar-refractivity contribution >= 4 is 34.8 Å². The van der Waals surface area contributed by atoms with Crippen molar-refractivity contribution in [2.24, 2.45) is 11.8 Å².